The van der Waals surface area contributed by atoms with E-state index in [1.54, 1.807) is 0 Å². The largest absolute Gasteiger partial charge is 0.310 e. The first kappa shape index (κ1) is 12.1. The van der Waals surface area contributed by atoms with Gasteiger partial charge in [-0.3, -0.25) is 0 Å². The van der Waals surface area contributed by atoms with Crippen LogP contribution in [0.2, 0.25) is 0 Å². The zero-order chi connectivity index (χ0) is 10.8. The topological polar surface area (TPSA) is 29.9 Å². The number of nitrogens with zero attached hydrogens (tertiary/aromatic N) is 2. The maximum Gasteiger partial charge on any atom is 0.0645 e. The van der Waals surface area contributed by atoms with Crippen molar-refractivity contribution in [1.29, 1.82) is 0 Å². The van der Waals surface area contributed by atoms with Gasteiger partial charge in [0.2, 0.25) is 0 Å². The van der Waals surface area contributed by atoms with Crippen LogP contribution >= 0.6 is 12.4 Å². The summed E-state index contributed by atoms with van der Waals surface area (Å²) in [5.41, 5.74) is 2.36. The predicted molar refractivity (Wildman–Crippen MR) is 70.7 cm³/mol. The van der Waals surface area contributed by atoms with E-state index < -0.39 is 0 Å². The van der Waals surface area contributed by atoms with Crippen molar-refractivity contribution in [3.63, 3.8) is 0 Å². The number of hydrogen-bond acceptors (Lipinski definition) is 2. The van der Waals surface area contributed by atoms with E-state index in [0.717, 1.165) is 18.3 Å². The molecule has 3 rings (SSSR count). The minimum Gasteiger partial charge on any atom is -0.310 e. The van der Waals surface area contributed by atoms with E-state index in [0.29, 0.717) is 0 Å². The minimum absolute atomic E-state index is 0. The Morgan fingerprint density at radius 1 is 1.24 bits per heavy atom. The molecule has 1 aliphatic carbocycles. The Balaban J connectivity index is 0.00000108. The molecular formula is C13H16ClN3. The summed E-state index contributed by atoms with van der Waals surface area (Å²) < 4.78 is 1.92. The van der Waals surface area contributed by atoms with Crippen molar-refractivity contribution >= 4 is 12.4 Å². The van der Waals surface area contributed by atoms with Gasteiger partial charge in [-0.25, -0.2) is 4.68 Å². The quantitative estimate of drug-likeness (QED) is 0.903. The summed E-state index contributed by atoms with van der Waals surface area (Å²) in [4.78, 5) is 0. The Labute approximate surface area is 107 Å². The predicted octanol–water partition coefficient (Wildman–Crippen LogP) is 2.55. The Morgan fingerprint density at radius 2 is 2.00 bits per heavy atom. The molecule has 0 saturated heterocycles. The number of halogens is 1. The van der Waals surface area contributed by atoms with E-state index >= 15 is 0 Å². The summed E-state index contributed by atoms with van der Waals surface area (Å²) >= 11 is 0. The highest BCUT2D eigenvalue weighted by Gasteiger charge is 2.20. The summed E-state index contributed by atoms with van der Waals surface area (Å²) in [6.07, 6.45) is 6.67. The van der Waals surface area contributed by atoms with Crippen molar-refractivity contribution in [3.8, 4) is 5.69 Å². The van der Waals surface area contributed by atoms with Crippen molar-refractivity contribution in [2.24, 2.45) is 0 Å². The normalized spacial score (nSPS) is 14.4. The third-order valence-electron chi connectivity index (χ3n) is 2.83. The fourth-order valence-electron chi connectivity index (χ4n) is 1.72. The van der Waals surface area contributed by atoms with Crippen LogP contribution in [0, 0.1) is 0 Å². The van der Waals surface area contributed by atoms with Crippen LogP contribution in [0.5, 0.6) is 0 Å². The number of hydrogen-bond donors (Lipinski definition) is 1. The van der Waals surface area contributed by atoms with Crippen LogP contribution in [-0.4, -0.2) is 15.8 Å². The van der Waals surface area contributed by atoms with Crippen LogP contribution in [0.3, 0.4) is 0 Å². The lowest BCUT2D eigenvalue weighted by atomic mass is 10.3. The second-order valence-corrected chi connectivity index (χ2v) is 4.28. The fourth-order valence-corrected chi connectivity index (χ4v) is 1.72. The van der Waals surface area contributed by atoms with Crippen molar-refractivity contribution in [3.05, 3.63) is 48.3 Å². The molecule has 0 bridgehead atoms. The maximum atomic E-state index is 4.36. The van der Waals surface area contributed by atoms with Crippen molar-refractivity contribution in [2.75, 3.05) is 0 Å². The third kappa shape index (κ3) is 3.08. The molecule has 3 nitrogen and oxygen atoms in total. The van der Waals surface area contributed by atoms with E-state index in [4.69, 9.17) is 0 Å². The molecule has 1 heterocycles. The van der Waals surface area contributed by atoms with Gasteiger partial charge in [0.25, 0.3) is 0 Å². The number of benzene rings is 1. The molecule has 1 N–H and O–H groups in total. The second-order valence-electron chi connectivity index (χ2n) is 4.28. The molecule has 0 unspecified atom stereocenters. The average Bonchev–Trinajstić information content (AvgIpc) is 3.05. The third-order valence-corrected chi connectivity index (χ3v) is 2.83. The zero-order valence-corrected chi connectivity index (χ0v) is 10.4. The number of aromatic nitrogens is 2. The highest BCUT2D eigenvalue weighted by molar-refractivity contribution is 5.85. The molecule has 0 aliphatic heterocycles. The van der Waals surface area contributed by atoms with Gasteiger partial charge in [-0.2, -0.15) is 5.10 Å². The molecule has 0 radical (unpaired) electrons. The van der Waals surface area contributed by atoms with E-state index in [1.165, 1.54) is 18.4 Å². The van der Waals surface area contributed by atoms with E-state index in [2.05, 4.69) is 28.7 Å². The molecule has 0 spiro atoms. The van der Waals surface area contributed by atoms with Crippen molar-refractivity contribution in [1.82, 2.24) is 15.1 Å². The smallest absolute Gasteiger partial charge is 0.0645 e. The van der Waals surface area contributed by atoms with Gasteiger partial charge in [-0.05, 0) is 25.0 Å². The van der Waals surface area contributed by atoms with Crippen LogP contribution in [0.25, 0.3) is 5.69 Å². The highest BCUT2D eigenvalue weighted by atomic mass is 35.5. The molecule has 90 valence electrons. The molecule has 1 aromatic heterocycles. The van der Waals surface area contributed by atoms with Crippen molar-refractivity contribution in [2.45, 2.75) is 25.4 Å². The highest BCUT2D eigenvalue weighted by Crippen LogP contribution is 2.19. The Kier molecular flexibility index (Phi) is 3.82. The van der Waals surface area contributed by atoms with Gasteiger partial charge in [0.15, 0.2) is 0 Å². The molecule has 1 saturated carbocycles. The van der Waals surface area contributed by atoms with Crippen molar-refractivity contribution < 1.29 is 0 Å². The van der Waals surface area contributed by atoms with E-state index in [1.807, 2.05) is 29.1 Å². The summed E-state index contributed by atoms with van der Waals surface area (Å²) in [5.74, 6) is 0. The Morgan fingerprint density at radius 3 is 2.71 bits per heavy atom. The molecule has 17 heavy (non-hydrogen) atoms. The van der Waals surface area contributed by atoms with Gasteiger partial charge in [-0.15, -0.1) is 12.4 Å². The number of nitrogens with one attached hydrogen (secondary N) is 1. The van der Waals surface area contributed by atoms with Gasteiger partial charge in [0.1, 0.15) is 0 Å². The first-order valence-corrected chi connectivity index (χ1v) is 5.74. The van der Waals surface area contributed by atoms with Crippen LogP contribution < -0.4 is 5.32 Å². The monoisotopic (exact) mass is 249 g/mol. The fraction of sp³-hybridized carbons (Fsp3) is 0.308. The van der Waals surface area contributed by atoms with Gasteiger partial charge >= 0.3 is 0 Å². The van der Waals surface area contributed by atoms with E-state index in [9.17, 15) is 0 Å². The molecule has 1 aromatic carbocycles. The first-order valence-electron chi connectivity index (χ1n) is 5.74. The number of rotatable bonds is 4. The lowest BCUT2D eigenvalue weighted by Crippen LogP contribution is -2.14. The molecular weight excluding hydrogens is 234 g/mol. The lowest BCUT2D eigenvalue weighted by molar-refractivity contribution is 0.687. The van der Waals surface area contributed by atoms with Gasteiger partial charge in [0.05, 0.1) is 11.9 Å². The average molecular weight is 250 g/mol. The Hall–Kier alpha value is -1.32. The molecule has 1 fully saturated rings. The first-order chi connectivity index (χ1) is 7.92. The van der Waals surface area contributed by atoms with Crippen LogP contribution in [0.15, 0.2) is 42.7 Å². The van der Waals surface area contributed by atoms with Gasteiger partial charge < -0.3 is 5.32 Å². The standard InChI is InChI=1S/C13H15N3.ClH/c1-2-4-13(5-3-1)16-10-11(9-15-16)8-14-12-6-7-12;/h1-5,9-10,12,14H,6-8H2;1H. The maximum absolute atomic E-state index is 4.36. The van der Waals surface area contributed by atoms with E-state index in [-0.39, 0.29) is 12.4 Å². The zero-order valence-electron chi connectivity index (χ0n) is 9.54. The number of para-hydroxylation sites is 1. The molecule has 0 atom stereocenters. The van der Waals surface area contributed by atoms with Crippen LogP contribution in [0.1, 0.15) is 18.4 Å². The minimum atomic E-state index is 0. The summed E-state index contributed by atoms with van der Waals surface area (Å²) in [6.45, 7) is 0.928. The SMILES string of the molecule is Cl.c1ccc(-n2cc(CNC3CC3)cn2)cc1. The van der Waals surface area contributed by atoms with Gasteiger partial charge in [-0.1, -0.05) is 18.2 Å². The second kappa shape index (κ2) is 5.34. The summed E-state index contributed by atoms with van der Waals surface area (Å²) in [6, 6.07) is 10.9. The summed E-state index contributed by atoms with van der Waals surface area (Å²) in [5, 5.41) is 7.85. The lowest BCUT2D eigenvalue weighted by Gasteiger charge is -2.00. The molecule has 0 amide bonds. The van der Waals surface area contributed by atoms with Crippen LogP contribution in [-0.2, 0) is 6.54 Å². The summed E-state index contributed by atoms with van der Waals surface area (Å²) in [7, 11) is 0. The Bertz CT molecular complexity index is 463. The molecule has 1 aliphatic rings. The molecule has 4 heteroatoms. The van der Waals surface area contributed by atoms with Gasteiger partial charge in [0, 0.05) is 24.3 Å². The molecule has 2 aromatic rings. The van der Waals surface area contributed by atoms with Crippen LogP contribution in [0.4, 0.5) is 0 Å².